The second-order valence-electron chi connectivity index (χ2n) is 6.72. The lowest BCUT2D eigenvalue weighted by atomic mass is 10.2. The lowest BCUT2D eigenvalue weighted by molar-refractivity contribution is -0.119. The molecule has 146 valence electrons. The number of hydrogen-bond donors (Lipinski definition) is 1. The topological polar surface area (TPSA) is 75.7 Å². The Kier molecular flexibility index (Phi) is 6.85. The number of carbonyl (C=O) groups is 1. The van der Waals surface area contributed by atoms with Crippen molar-refractivity contribution >= 4 is 21.6 Å². The first-order chi connectivity index (χ1) is 12.7. The summed E-state index contributed by atoms with van der Waals surface area (Å²) in [6.07, 6.45) is 0. The molecule has 2 rings (SSSR count). The Morgan fingerprint density at radius 2 is 1.81 bits per heavy atom. The number of benzene rings is 2. The monoisotopic (exact) mass is 390 g/mol. The molecule has 0 aliphatic rings. The summed E-state index contributed by atoms with van der Waals surface area (Å²) in [6.45, 7) is 6.01. The van der Waals surface area contributed by atoms with Gasteiger partial charge in [0.2, 0.25) is 5.91 Å². The molecule has 6 nitrogen and oxygen atoms in total. The van der Waals surface area contributed by atoms with Crippen LogP contribution in [0.5, 0.6) is 5.75 Å². The number of carbonyl (C=O) groups excluding carboxylic acids is 1. The maximum atomic E-state index is 13.2. The van der Waals surface area contributed by atoms with Crippen LogP contribution in [0.1, 0.15) is 19.4 Å². The number of nitrogens with one attached hydrogen (secondary N) is 1. The van der Waals surface area contributed by atoms with E-state index in [1.165, 1.54) is 7.11 Å². The van der Waals surface area contributed by atoms with E-state index in [9.17, 15) is 13.2 Å². The summed E-state index contributed by atoms with van der Waals surface area (Å²) in [5.41, 5.74) is 1.33. The van der Waals surface area contributed by atoms with Crippen LogP contribution in [-0.2, 0) is 14.8 Å². The molecule has 2 aromatic rings. The van der Waals surface area contributed by atoms with Gasteiger partial charge in [-0.15, -0.1) is 0 Å². The quantitative estimate of drug-likeness (QED) is 0.752. The Labute approximate surface area is 161 Å². The van der Waals surface area contributed by atoms with Crippen LogP contribution in [0.2, 0.25) is 0 Å². The van der Waals surface area contributed by atoms with Crippen molar-refractivity contribution in [2.75, 3.05) is 24.5 Å². The molecule has 27 heavy (non-hydrogen) atoms. The summed E-state index contributed by atoms with van der Waals surface area (Å²) in [5.74, 6) is 0.425. The highest BCUT2D eigenvalue weighted by atomic mass is 32.2. The molecule has 0 aromatic heterocycles. The van der Waals surface area contributed by atoms with Gasteiger partial charge in [-0.2, -0.15) is 0 Å². The minimum atomic E-state index is -3.91. The van der Waals surface area contributed by atoms with E-state index < -0.39 is 10.0 Å². The fourth-order valence-electron chi connectivity index (χ4n) is 2.42. The van der Waals surface area contributed by atoms with Gasteiger partial charge in [-0.1, -0.05) is 37.6 Å². The van der Waals surface area contributed by atoms with Gasteiger partial charge in [-0.25, -0.2) is 8.42 Å². The van der Waals surface area contributed by atoms with Gasteiger partial charge in [0.1, 0.15) is 12.3 Å². The van der Waals surface area contributed by atoms with Gasteiger partial charge >= 0.3 is 0 Å². The van der Waals surface area contributed by atoms with Crippen LogP contribution in [0.3, 0.4) is 0 Å². The standard InChI is InChI=1S/C20H26N2O4S/c1-15(2)13-21-20(23)14-22(17-6-5-7-18(12-17)26-4)27(24,25)19-10-8-16(3)9-11-19/h5-12,15H,13-14H2,1-4H3,(H,21,23). The van der Waals surface area contributed by atoms with Crippen molar-refractivity contribution in [3.63, 3.8) is 0 Å². The molecule has 0 bridgehead atoms. The molecular formula is C20H26N2O4S. The van der Waals surface area contributed by atoms with Crippen LogP contribution in [-0.4, -0.2) is 34.5 Å². The van der Waals surface area contributed by atoms with Crippen molar-refractivity contribution in [2.45, 2.75) is 25.7 Å². The van der Waals surface area contributed by atoms with Crippen LogP contribution < -0.4 is 14.4 Å². The van der Waals surface area contributed by atoms with Crippen LogP contribution >= 0.6 is 0 Å². The maximum Gasteiger partial charge on any atom is 0.264 e. The van der Waals surface area contributed by atoms with Crippen LogP contribution in [0, 0.1) is 12.8 Å². The first-order valence-corrected chi connectivity index (χ1v) is 10.2. The summed E-state index contributed by atoms with van der Waals surface area (Å²) >= 11 is 0. The van der Waals surface area contributed by atoms with Crippen LogP contribution in [0.25, 0.3) is 0 Å². The number of ether oxygens (including phenoxy) is 1. The average molecular weight is 391 g/mol. The first kappa shape index (κ1) is 20.8. The van der Waals surface area contributed by atoms with Crippen molar-refractivity contribution < 1.29 is 17.9 Å². The molecule has 0 aliphatic carbocycles. The molecule has 0 heterocycles. The molecule has 2 aromatic carbocycles. The highest BCUT2D eigenvalue weighted by Crippen LogP contribution is 2.27. The van der Waals surface area contributed by atoms with Gasteiger partial charge in [-0.3, -0.25) is 9.10 Å². The minimum absolute atomic E-state index is 0.132. The molecule has 0 radical (unpaired) electrons. The van der Waals surface area contributed by atoms with E-state index in [4.69, 9.17) is 4.74 Å². The number of methoxy groups -OCH3 is 1. The van der Waals surface area contributed by atoms with Crippen molar-refractivity contribution in [1.29, 1.82) is 0 Å². The highest BCUT2D eigenvalue weighted by molar-refractivity contribution is 7.92. The van der Waals surface area contributed by atoms with Crippen molar-refractivity contribution in [1.82, 2.24) is 5.32 Å². The van der Waals surface area contributed by atoms with E-state index in [0.29, 0.717) is 18.0 Å². The minimum Gasteiger partial charge on any atom is -0.497 e. The number of sulfonamides is 1. The summed E-state index contributed by atoms with van der Waals surface area (Å²) in [4.78, 5) is 12.5. The summed E-state index contributed by atoms with van der Waals surface area (Å²) in [6, 6.07) is 13.2. The maximum absolute atomic E-state index is 13.2. The SMILES string of the molecule is COc1cccc(N(CC(=O)NCC(C)C)S(=O)(=O)c2ccc(C)cc2)c1. The molecule has 7 heteroatoms. The Balaban J connectivity index is 2.41. The molecule has 0 aliphatic heterocycles. The predicted molar refractivity (Wildman–Crippen MR) is 107 cm³/mol. The number of nitrogens with zero attached hydrogens (tertiary/aromatic N) is 1. The van der Waals surface area contributed by atoms with Crippen molar-refractivity contribution in [3.05, 3.63) is 54.1 Å². The summed E-state index contributed by atoms with van der Waals surface area (Å²) in [7, 11) is -2.41. The fraction of sp³-hybridized carbons (Fsp3) is 0.350. The number of hydrogen-bond acceptors (Lipinski definition) is 4. The molecule has 1 N–H and O–H groups in total. The van der Waals surface area contributed by atoms with Gasteiger partial charge in [0.15, 0.2) is 0 Å². The molecule has 0 fully saturated rings. The third-order valence-corrected chi connectivity index (χ3v) is 5.73. The Morgan fingerprint density at radius 1 is 1.15 bits per heavy atom. The van der Waals surface area contributed by atoms with E-state index in [1.807, 2.05) is 20.8 Å². The summed E-state index contributed by atoms with van der Waals surface area (Å²) in [5, 5.41) is 2.77. The zero-order valence-electron chi connectivity index (χ0n) is 16.1. The normalized spacial score (nSPS) is 11.3. The van der Waals surface area contributed by atoms with Gasteiger partial charge in [0, 0.05) is 12.6 Å². The molecular weight excluding hydrogens is 364 g/mol. The van der Waals surface area contributed by atoms with Gasteiger partial charge in [-0.05, 0) is 37.1 Å². The van der Waals surface area contributed by atoms with Crippen LogP contribution in [0.4, 0.5) is 5.69 Å². The molecule has 0 saturated heterocycles. The number of amides is 1. The van der Waals surface area contributed by atoms with Gasteiger partial charge < -0.3 is 10.1 Å². The Bertz CT molecular complexity index is 877. The van der Waals surface area contributed by atoms with Crippen molar-refractivity contribution in [2.24, 2.45) is 5.92 Å². The molecule has 0 saturated carbocycles. The smallest absolute Gasteiger partial charge is 0.264 e. The highest BCUT2D eigenvalue weighted by Gasteiger charge is 2.27. The van der Waals surface area contributed by atoms with E-state index >= 15 is 0 Å². The van der Waals surface area contributed by atoms with E-state index in [0.717, 1.165) is 9.87 Å². The van der Waals surface area contributed by atoms with E-state index in [-0.39, 0.29) is 23.3 Å². The second kappa shape index (κ2) is 8.90. The third kappa shape index (κ3) is 5.47. The number of anilines is 1. The van der Waals surface area contributed by atoms with E-state index in [2.05, 4.69) is 5.32 Å². The zero-order chi connectivity index (χ0) is 20.0. The molecule has 1 amide bonds. The van der Waals surface area contributed by atoms with E-state index in [1.54, 1.807) is 48.5 Å². The summed E-state index contributed by atoms with van der Waals surface area (Å²) < 4.78 is 32.8. The van der Waals surface area contributed by atoms with Gasteiger partial charge in [0.05, 0.1) is 17.7 Å². The second-order valence-corrected chi connectivity index (χ2v) is 8.59. The fourth-order valence-corrected chi connectivity index (χ4v) is 3.84. The lowest BCUT2D eigenvalue weighted by Gasteiger charge is -2.24. The first-order valence-electron chi connectivity index (χ1n) is 8.74. The lowest BCUT2D eigenvalue weighted by Crippen LogP contribution is -2.41. The molecule has 0 unspecified atom stereocenters. The third-order valence-electron chi connectivity index (χ3n) is 3.94. The Morgan fingerprint density at radius 3 is 2.41 bits per heavy atom. The average Bonchev–Trinajstić information content (AvgIpc) is 2.64. The number of rotatable bonds is 8. The largest absolute Gasteiger partial charge is 0.497 e. The predicted octanol–water partition coefficient (Wildman–Crippen LogP) is 2.97. The van der Waals surface area contributed by atoms with Crippen LogP contribution in [0.15, 0.2) is 53.4 Å². The Hall–Kier alpha value is -2.54. The van der Waals surface area contributed by atoms with Gasteiger partial charge in [0.25, 0.3) is 10.0 Å². The zero-order valence-corrected chi connectivity index (χ0v) is 16.9. The number of aryl methyl sites for hydroxylation is 1. The van der Waals surface area contributed by atoms with Crippen molar-refractivity contribution in [3.8, 4) is 5.75 Å². The molecule has 0 spiro atoms. The molecule has 0 atom stereocenters.